The number of hydrogen-bond acceptors (Lipinski definition) is 0. The SMILES string of the molecule is CC=CCCc1ccc(-c2ccc(-c3ccc(C4CCC(C5CCC(CCCCC)CC5)CC4)cc3F)cc2)c(F)c1F. The minimum Gasteiger partial charge on any atom is -0.206 e. The topological polar surface area (TPSA) is 0 Å². The smallest absolute Gasteiger partial charge is 0.166 e. The monoisotopic (exact) mass is 586 g/mol. The highest BCUT2D eigenvalue weighted by Gasteiger charge is 2.31. The van der Waals surface area contributed by atoms with E-state index in [-0.39, 0.29) is 11.4 Å². The summed E-state index contributed by atoms with van der Waals surface area (Å²) in [4.78, 5) is 0. The molecule has 230 valence electrons. The van der Waals surface area contributed by atoms with Crippen LogP contribution < -0.4 is 0 Å². The number of unbranched alkanes of at least 4 members (excludes halogenated alkanes) is 2. The van der Waals surface area contributed by atoms with Crippen molar-refractivity contribution in [1.29, 1.82) is 0 Å². The van der Waals surface area contributed by atoms with Crippen molar-refractivity contribution in [3.05, 3.63) is 95.3 Å². The molecule has 0 spiro atoms. The molecular formula is C40H49F3. The van der Waals surface area contributed by atoms with E-state index in [1.54, 1.807) is 42.5 Å². The molecule has 0 heterocycles. The Kier molecular flexibility index (Phi) is 11.2. The number of allylic oxidation sites excluding steroid dienone is 2. The second-order valence-electron chi connectivity index (χ2n) is 13.2. The second kappa shape index (κ2) is 15.3. The summed E-state index contributed by atoms with van der Waals surface area (Å²) in [5, 5.41) is 0. The zero-order valence-electron chi connectivity index (χ0n) is 26.2. The van der Waals surface area contributed by atoms with Crippen LogP contribution >= 0.6 is 0 Å². The van der Waals surface area contributed by atoms with Crippen LogP contribution in [0.4, 0.5) is 13.2 Å². The fraction of sp³-hybridized carbons (Fsp3) is 0.500. The average Bonchev–Trinajstić information content (AvgIpc) is 3.04. The summed E-state index contributed by atoms with van der Waals surface area (Å²) in [6, 6.07) is 16.1. The van der Waals surface area contributed by atoms with Crippen LogP contribution in [-0.2, 0) is 6.42 Å². The molecular weight excluding hydrogens is 537 g/mol. The van der Waals surface area contributed by atoms with Crippen LogP contribution in [0.15, 0.2) is 66.7 Å². The van der Waals surface area contributed by atoms with Gasteiger partial charge in [0.1, 0.15) is 5.82 Å². The zero-order chi connectivity index (χ0) is 30.2. The fourth-order valence-corrected chi connectivity index (χ4v) is 7.81. The third-order valence-corrected chi connectivity index (χ3v) is 10.5. The largest absolute Gasteiger partial charge is 0.206 e. The molecule has 0 aromatic heterocycles. The summed E-state index contributed by atoms with van der Waals surface area (Å²) in [7, 11) is 0. The lowest BCUT2D eigenvalue weighted by Gasteiger charge is -2.38. The minimum absolute atomic E-state index is 0.212. The lowest BCUT2D eigenvalue weighted by atomic mass is 9.68. The van der Waals surface area contributed by atoms with Gasteiger partial charge >= 0.3 is 0 Å². The summed E-state index contributed by atoms with van der Waals surface area (Å²) in [5.74, 6) is 1.33. The summed E-state index contributed by atoms with van der Waals surface area (Å²) in [6.45, 7) is 4.20. The first-order valence-electron chi connectivity index (χ1n) is 17.0. The van der Waals surface area contributed by atoms with Crippen LogP contribution in [0, 0.1) is 35.2 Å². The summed E-state index contributed by atoms with van der Waals surface area (Å²) >= 11 is 0. The van der Waals surface area contributed by atoms with E-state index < -0.39 is 11.6 Å². The average molecular weight is 587 g/mol. The van der Waals surface area contributed by atoms with Gasteiger partial charge < -0.3 is 0 Å². The Morgan fingerprint density at radius 3 is 1.95 bits per heavy atom. The molecule has 3 heteroatoms. The molecule has 3 aromatic rings. The number of benzene rings is 3. The van der Waals surface area contributed by atoms with E-state index in [2.05, 4.69) is 13.0 Å². The standard InChI is InChI=1S/C40H49F3/c1-3-5-7-9-28-11-13-29(14-12-28)30-15-17-31(18-16-30)35-24-25-36(38(41)27-35)32-19-21-33(22-20-32)37-26-23-34(10-8-6-4-2)39(42)40(37)43/h4,6,19-31H,3,5,7-18H2,1-2H3. The molecule has 0 unspecified atom stereocenters. The Hall–Kier alpha value is -2.81. The second-order valence-corrected chi connectivity index (χ2v) is 13.2. The Morgan fingerprint density at radius 2 is 1.33 bits per heavy atom. The molecule has 0 nitrogen and oxygen atoms in total. The van der Waals surface area contributed by atoms with E-state index in [1.807, 2.05) is 25.1 Å². The summed E-state index contributed by atoms with van der Waals surface area (Å²) in [6.07, 6.45) is 21.1. The van der Waals surface area contributed by atoms with E-state index in [9.17, 15) is 8.78 Å². The van der Waals surface area contributed by atoms with Gasteiger partial charge in [0.15, 0.2) is 11.6 Å². The highest BCUT2D eigenvalue weighted by Crippen LogP contribution is 2.45. The Balaban J connectivity index is 1.17. The van der Waals surface area contributed by atoms with Crippen molar-refractivity contribution in [2.45, 2.75) is 110 Å². The van der Waals surface area contributed by atoms with E-state index in [0.29, 0.717) is 35.4 Å². The van der Waals surface area contributed by atoms with Crippen molar-refractivity contribution in [3.63, 3.8) is 0 Å². The van der Waals surface area contributed by atoms with Crippen LogP contribution in [-0.4, -0.2) is 0 Å². The van der Waals surface area contributed by atoms with Crippen LogP contribution in [0.1, 0.15) is 114 Å². The van der Waals surface area contributed by atoms with Gasteiger partial charge in [-0.05, 0) is 110 Å². The maximum Gasteiger partial charge on any atom is 0.166 e. The number of rotatable bonds is 11. The first-order chi connectivity index (χ1) is 21.0. The van der Waals surface area contributed by atoms with Crippen molar-refractivity contribution in [2.24, 2.45) is 17.8 Å². The molecule has 0 amide bonds. The van der Waals surface area contributed by atoms with Crippen LogP contribution in [0.2, 0.25) is 0 Å². The van der Waals surface area contributed by atoms with Crippen molar-refractivity contribution >= 4 is 0 Å². The number of hydrogen-bond donors (Lipinski definition) is 0. The lowest BCUT2D eigenvalue weighted by molar-refractivity contribution is 0.155. The summed E-state index contributed by atoms with van der Waals surface area (Å²) < 4.78 is 45.0. The predicted octanol–water partition coefficient (Wildman–Crippen LogP) is 12.6. The van der Waals surface area contributed by atoms with Crippen molar-refractivity contribution in [1.82, 2.24) is 0 Å². The van der Waals surface area contributed by atoms with Crippen LogP contribution in [0.5, 0.6) is 0 Å². The number of halogens is 3. The van der Waals surface area contributed by atoms with Gasteiger partial charge in [-0.25, -0.2) is 13.2 Å². The van der Waals surface area contributed by atoms with Gasteiger partial charge in [-0.2, -0.15) is 0 Å². The maximum atomic E-state index is 15.4. The van der Waals surface area contributed by atoms with Gasteiger partial charge in [0.05, 0.1) is 0 Å². The molecule has 0 atom stereocenters. The maximum absolute atomic E-state index is 15.4. The molecule has 0 saturated heterocycles. The normalized spacial score (nSPS) is 22.7. The van der Waals surface area contributed by atoms with Crippen molar-refractivity contribution in [2.75, 3.05) is 0 Å². The van der Waals surface area contributed by atoms with E-state index >= 15 is 4.39 Å². The van der Waals surface area contributed by atoms with Gasteiger partial charge in [-0.15, -0.1) is 0 Å². The van der Waals surface area contributed by atoms with Gasteiger partial charge in [-0.3, -0.25) is 0 Å². The first kappa shape index (κ1) is 31.6. The fourth-order valence-electron chi connectivity index (χ4n) is 7.81. The van der Waals surface area contributed by atoms with Gasteiger partial charge in [-0.1, -0.05) is 106 Å². The van der Waals surface area contributed by atoms with Crippen LogP contribution in [0.25, 0.3) is 22.3 Å². The zero-order valence-corrected chi connectivity index (χ0v) is 26.2. The minimum atomic E-state index is -0.828. The Labute approximate surface area is 257 Å². The van der Waals surface area contributed by atoms with E-state index in [0.717, 1.165) is 41.7 Å². The molecule has 0 radical (unpaired) electrons. The predicted molar refractivity (Wildman–Crippen MR) is 175 cm³/mol. The highest BCUT2D eigenvalue weighted by molar-refractivity contribution is 5.71. The number of aryl methyl sites for hydroxylation is 1. The molecule has 0 aliphatic heterocycles. The Bertz CT molecular complexity index is 1340. The molecule has 2 saturated carbocycles. The molecule has 2 fully saturated rings. The van der Waals surface area contributed by atoms with Gasteiger partial charge in [0, 0.05) is 11.1 Å². The Morgan fingerprint density at radius 1 is 0.698 bits per heavy atom. The molecule has 5 rings (SSSR count). The third kappa shape index (κ3) is 7.83. The van der Waals surface area contributed by atoms with E-state index in [1.165, 1.54) is 64.2 Å². The third-order valence-electron chi connectivity index (χ3n) is 10.5. The molecule has 2 aliphatic rings. The molecule has 0 N–H and O–H groups in total. The summed E-state index contributed by atoms with van der Waals surface area (Å²) in [5.41, 5.74) is 3.59. The molecule has 2 aliphatic carbocycles. The molecule has 0 bridgehead atoms. The quantitative estimate of drug-likeness (QED) is 0.155. The van der Waals surface area contributed by atoms with Crippen molar-refractivity contribution < 1.29 is 13.2 Å². The highest BCUT2D eigenvalue weighted by atomic mass is 19.2. The molecule has 43 heavy (non-hydrogen) atoms. The van der Waals surface area contributed by atoms with Crippen molar-refractivity contribution in [3.8, 4) is 22.3 Å². The van der Waals surface area contributed by atoms with E-state index in [4.69, 9.17) is 0 Å². The van der Waals surface area contributed by atoms with Crippen LogP contribution in [0.3, 0.4) is 0 Å². The molecule has 3 aromatic carbocycles. The van der Waals surface area contributed by atoms with Gasteiger partial charge in [0.2, 0.25) is 0 Å². The first-order valence-corrected chi connectivity index (χ1v) is 17.0. The van der Waals surface area contributed by atoms with Gasteiger partial charge in [0.25, 0.3) is 0 Å². The lowest BCUT2D eigenvalue weighted by Crippen LogP contribution is -2.25.